The Balaban J connectivity index is 1.96. The fourth-order valence-electron chi connectivity index (χ4n) is 1.80. The van der Waals surface area contributed by atoms with Gasteiger partial charge in [-0.1, -0.05) is 24.3 Å². The van der Waals surface area contributed by atoms with Crippen LogP contribution in [0.3, 0.4) is 0 Å². The fraction of sp³-hybridized carbons (Fsp3) is 0.133. The average Bonchev–Trinajstić information content (AvgIpc) is 2.48. The Morgan fingerprint density at radius 1 is 1.14 bits per heavy atom. The van der Waals surface area contributed by atoms with Crippen molar-refractivity contribution in [3.63, 3.8) is 0 Å². The Morgan fingerprint density at radius 2 is 1.81 bits per heavy atom. The normalized spacial score (nSPS) is 10.4. The van der Waals surface area contributed by atoms with Gasteiger partial charge in [0.25, 0.3) is 0 Å². The van der Waals surface area contributed by atoms with Crippen molar-refractivity contribution in [1.82, 2.24) is 5.43 Å². The zero-order valence-electron chi connectivity index (χ0n) is 11.3. The van der Waals surface area contributed by atoms with Gasteiger partial charge in [0.05, 0.1) is 6.42 Å². The molecule has 0 spiro atoms. The molecule has 0 saturated heterocycles. The third-order valence-corrected chi connectivity index (χ3v) is 4.08. The van der Waals surface area contributed by atoms with Gasteiger partial charge in [0.2, 0.25) is 5.91 Å². The predicted molar refractivity (Wildman–Crippen MR) is 82.8 cm³/mol. The topological polar surface area (TPSA) is 81.1 Å². The van der Waals surface area contributed by atoms with Crippen molar-refractivity contribution in [2.45, 2.75) is 17.1 Å². The smallest absolute Gasteiger partial charge is 0.238 e. The van der Waals surface area contributed by atoms with Crippen LogP contribution in [0.25, 0.3) is 0 Å². The molecule has 2 aromatic rings. The minimum atomic E-state index is -0.334. The average molecular weight is 305 g/mol. The third kappa shape index (κ3) is 4.47. The first-order valence-corrected chi connectivity index (χ1v) is 7.32. The van der Waals surface area contributed by atoms with Gasteiger partial charge in [-0.15, -0.1) is 11.8 Å². The quantitative estimate of drug-likeness (QED) is 0.260. The molecule has 2 rings (SSSR count). The van der Waals surface area contributed by atoms with Gasteiger partial charge in [0.15, 0.2) is 0 Å². The molecule has 6 heteroatoms. The first-order chi connectivity index (χ1) is 10.1. The van der Waals surface area contributed by atoms with E-state index >= 15 is 0 Å². The van der Waals surface area contributed by atoms with E-state index in [2.05, 4.69) is 5.43 Å². The molecule has 5 N–H and O–H groups in total. The predicted octanol–water partition coefficient (Wildman–Crippen LogP) is 2.23. The van der Waals surface area contributed by atoms with Crippen LogP contribution in [0.15, 0.2) is 47.4 Å². The second kappa shape index (κ2) is 7.10. The van der Waals surface area contributed by atoms with Gasteiger partial charge in [0.1, 0.15) is 5.82 Å². The van der Waals surface area contributed by atoms with Crippen molar-refractivity contribution >= 4 is 23.4 Å². The van der Waals surface area contributed by atoms with E-state index in [4.69, 9.17) is 11.6 Å². The molecule has 0 unspecified atom stereocenters. The molecule has 0 saturated carbocycles. The molecular formula is C15H16FN3OS. The molecule has 0 aliphatic rings. The Morgan fingerprint density at radius 3 is 2.43 bits per heavy atom. The molecule has 0 radical (unpaired) electrons. The van der Waals surface area contributed by atoms with Gasteiger partial charge in [-0.25, -0.2) is 10.2 Å². The molecule has 0 aromatic heterocycles. The Bertz CT molecular complexity index is 631. The monoisotopic (exact) mass is 305 g/mol. The van der Waals surface area contributed by atoms with Crippen LogP contribution in [-0.2, 0) is 17.0 Å². The van der Waals surface area contributed by atoms with Crippen molar-refractivity contribution in [2.75, 3.05) is 5.73 Å². The second-order valence-corrected chi connectivity index (χ2v) is 5.55. The summed E-state index contributed by atoms with van der Waals surface area (Å²) >= 11 is 1.54. The molecule has 1 amide bonds. The van der Waals surface area contributed by atoms with E-state index in [0.717, 1.165) is 21.8 Å². The number of halogens is 1. The largest absolute Gasteiger partial charge is 0.398 e. The molecular weight excluding hydrogens is 289 g/mol. The van der Waals surface area contributed by atoms with Gasteiger partial charge in [0, 0.05) is 16.3 Å². The number of carbonyl (C=O) groups is 1. The van der Waals surface area contributed by atoms with Crippen molar-refractivity contribution in [2.24, 2.45) is 5.84 Å². The summed E-state index contributed by atoms with van der Waals surface area (Å²) in [5.74, 6) is 5.21. The number of benzene rings is 2. The van der Waals surface area contributed by atoms with Gasteiger partial charge in [-0.05, 0) is 29.3 Å². The van der Waals surface area contributed by atoms with E-state index in [1.54, 1.807) is 17.8 Å². The number of amides is 1. The number of carbonyl (C=O) groups excluding carboxylic acids is 1. The van der Waals surface area contributed by atoms with Crippen molar-refractivity contribution in [1.29, 1.82) is 0 Å². The van der Waals surface area contributed by atoms with Gasteiger partial charge in [-0.3, -0.25) is 10.2 Å². The summed E-state index contributed by atoms with van der Waals surface area (Å²) in [6.45, 7) is 0. The molecule has 110 valence electrons. The number of nitrogens with one attached hydrogen (secondary N) is 1. The maximum Gasteiger partial charge on any atom is 0.238 e. The SMILES string of the molecule is NNC(=O)Cc1ccc(CSc2ccc(F)cc2N)cc1. The number of hydrogen-bond donors (Lipinski definition) is 3. The number of nitrogens with two attached hydrogens (primary N) is 2. The summed E-state index contributed by atoms with van der Waals surface area (Å²) in [4.78, 5) is 12.0. The lowest BCUT2D eigenvalue weighted by atomic mass is 10.1. The van der Waals surface area contributed by atoms with E-state index in [9.17, 15) is 9.18 Å². The molecule has 0 atom stereocenters. The summed E-state index contributed by atoms with van der Waals surface area (Å²) in [5.41, 5.74) is 10.3. The second-order valence-electron chi connectivity index (χ2n) is 4.53. The number of hydrazine groups is 1. The van der Waals surface area contributed by atoms with Crippen LogP contribution in [0.5, 0.6) is 0 Å². The van der Waals surface area contributed by atoms with E-state index in [0.29, 0.717) is 5.69 Å². The lowest BCUT2D eigenvalue weighted by Gasteiger charge is -2.06. The summed E-state index contributed by atoms with van der Waals surface area (Å²) in [6.07, 6.45) is 0.259. The lowest BCUT2D eigenvalue weighted by Crippen LogP contribution is -2.31. The highest BCUT2D eigenvalue weighted by molar-refractivity contribution is 7.98. The van der Waals surface area contributed by atoms with Crippen LogP contribution < -0.4 is 17.0 Å². The summed E-state index contributed by atoms with van der Waals surface area (Å²) in [5, 5.41) is 0. The maximum atomic E-state index is 13.0. The number of rotatable bonds is 5. The van der Waals surface area contributed by atoms with Crippen molar-refractivity contribution in [3.8, 4) is 0 Å². The van der Waals surface area contributed by atoms with E-state index in [-0.39, 0.29) is 18.1 Å². The number of anilines is 1. The van der Waals surface area contributed by atoms with Crippen LogP contribution in [0.4, 0.5) is 10.1 Å². The number of thioether (sulfide) groups is 1. The minimum Gasteiger partial charge on any atom is -0.398 e. The van der Waals surface area contributed by atoms with Crippen molar-refractivity contribution in [3.05, 3.63) is 59.4 Å². The maximum absolute atomic E-state index is 13.0. The molecule has 4 nitrogen and oxygen atoms in total. The highest BCUT2D eigenvalue weighted by Gasteiger charge is 2.04. The highest BCUT2D eigenvalue weighted by Crippen LogP contribution is 2.28. The highest BCUT2D eigenvalue weighted by atomic mass is 32.2. The van der Waals surface area contributed by atoms with Crippen LogP contribution in [0.1, 0.15) is 11.1 Å². The van der Waals surface area contributed by atoms with Crippen LogP contribution in [0, 0.1) is 5.82 Å². The van der Waals surface area contributed by atoms with E-state index < -0.39 is 0 Å². The first kappa shape index (κ1) is 15.3. The molecule has 0 bridgehead atoms. The number of hydrogen-bond acceptors (Lipinski definition) is 4. The molecule has 2 aromatic carbocycles. The van der Waals surface area contributed by atoms with Crippen LogP contribution >= 0.6 is 11.8 Å². The third-order valence-electron chi connectivity index (χ3n) is 2.91. The Labute approximate surface area is 126 Å². The fourth-order valence-corrected chi connectivity index (χ4v) is 2.71. The molecule has 0 aliphatic carbocycles. The molecule has 0 heterocycles. The van der Waals surface area contributed by atoms with E-state index in [1.165, 1.54) is 12.1 Å². The lowest BCUT2D eigenvalue weighted by molar-refractivity contribution is -0.120. The van der Waals surface area contributed by atoms with Gasteiger partial charge >= 0.3 is 0 Å². The minimum absolute atomic E-state index is 0.226. The van der Waals surface area contributed by atoms with Gasteiger partial charge < -0.3 is 5.73 Å². The number of nitrogen functional groups attached to an aromatic ring is 1. The van der Waals surface area contributed by atoms with Crippen LogP contribution in [-0.4, -0.2) is 5.91 Å². The Kier molecular flexibility index (Phi) is 5.19. The molecule has 21 heavy (non-hydrogen) atoms. The van der Waals surface area contributed by atoms with E-state index in [1.807, 2.05) is 24.3 Å². The standard InChI is InChI=1S/C15H16FN3OS/c16-12-5-6-14(13(17)8-12)21-9-11-3-1-10(2-4-11)7-15(20)19-18/h1-6,8H,7,9,17-18H2,(H,19,20). The summed E-state index contributed by atoms with van der Waals surface area (Å²) in [7, 11) is 0. The summed E-state index contributed by atoms with van der Waals surface area (Å²) < 4.78 is 13.0. The zero-order chi connectivity index (χ0) is 15.2. The van der Waals surface area contributed by atoms with Crippen molar-refractivity contribution < 1.29 is 9.18 Å². The Hall–Kier alpha value is -2.05. The molecule has 0 fully saturated rings. The molecule has 0 aliphatic heterocycles. The zero-order valence-corrected chi connectivity index (χ0v) is 12.1. The van der Waals surface area contributed by atoms with Crippen LogP contribution in [0.2, 0.25) is 0 Å². The summed E-state index contributed by atoms with van der Waals surface area (Å²) in [6, 6.07) is 12.1. The first-order valence-electron chi connectivity index (χ1n) is 6.33. The van der Waals surface area contributed by atoms with Gasteiger partial charge in [-0.2, -0.15) is 0 Å².